The second kappa shape index (κ2) is 13.0. The summed E-state index contributed by atoms with van der Waals surface area (Å²) in [5.41, 5.74) is 11.1. The van der Waals surface area contributed by atoms with Gasteiger partial charge in [0.15, 0.2) is 5.66 Å². The van der Waals surface area contributed by atoms with Crippen molar-refractivity contribution >= 4 is 11.7 Å². The first-order chi connectivity index (χ1) is 28.5. The second-order valence-corrected chi connectivity index (χ2v) is 16.1. The quantitative estimate of drug-likeness (QED) is 0.191. The van der Waals surface area contributed by atoms with E-state index in [0.717, 1.165) is 51.0 Å². The molecule has 0 fully saturated rings. The Morgan fingerprint density at radius 3 is 1.78 bits per heavy atom. The Hall–Kier alpha value is -7.04. The monoisotopic (exact) mass is 747 g/mol. The molecule has 0 amide bonds. The fourth-order valence-electron chi connectivity index (χ4n) is 9.85. The van der Waals surface area contributed by atoms with Crippen LogP contribution in [0.5, 0.6) is 11.5 Å². The van der Waals surface area contributed by atoms with Crippen molar-refractivity contribution < 1.29 is 4.74 Å². The molecule has 4 heteroatoms. The fraction of sp³-hybridized carbons (Fsp3) is 0.111. The number of nitrogens with one attached hydrogen (secondary N) is 1. The summed E-state index contributed by atoms with van der Waals surface area (Å²) in [5, 5.41) is 3.75. The highest BCUT2D eigenvalue weighted by molar-refractivity contribution is 6.12. The van der Waals surface area contributed by atoms with Crippen LogP contribution in [-0.4, -0.2) is 11.7 Å². The van der Waals surface area contributed by atoms with Crippen LogP contribution >= 0.6 is 0 Å². The number of para-hydroxylation sites is 1. The molecule has 0 bridgehead atoms. The molecule has 4 nitrogen and oxygen atoms in total. The van der Waals surface area contributed by atoms with Gasteiger partial charge in [-0.15, -0.1) is 0 Å². The van der Waals surface area contributed by atoms with Crippen molar-refractivity contribution in [2.24, 2.45) is 15.9 Å². The van der Waals surface area contributed by atoms with Gasteiger partial charge in [0.2, 0.25) is 0 Å². The average molecular weight is 748 g/mol. The second-order valence-electron chi connectivity index (χ2n) is 16.1. The maximum atomic E-state index is 6.95. The minimum atomic E-state index is -0.866. The van der Waals surface area contributed by atoms with Gasteiger partial charge in [-0.1, -0.05) is 195 Å². The van der Waals surface area contributed by atoms with Gasteiger partial charge in [-0.25, -0.2) is 9.98 Å². The van der Waals surface area contributed by atoms with Crippen molar-refractivity contribution in [3.63, 3.8) is 0 Å². The van der Waals surface area contributed by atoms with Crippen LogP contribution in [0.2, 0.25) is 0 Å². The Bertz CT molecular complexity index is 2830. The van der Waals surface area contributed by atoms with Crippen LogP contribution in [0.25, 0.3) is 22.3 Å². The number of rotatable bonds is 5. The van der Waals surface area contributed by atoms with E-state index in [1.807, 2.05) is 12.1 Å². The van der Waals surface area contributed by atoms with E-state index in [-0.39, 0.29) is 5.92 Å². The van der Waals surface area contributed by atoms with Gasteiger partial charge in [0.25, 0.3) is 0 Å². The van der Waals surface area contributed by atoms with E-state index in [4.69, 9.17) is 14.7 Å². The Kier molecular flexibility index (Phi) is 7.68. The van der Waals surface area contributed by atoms with Gasteiger partial charge >= 0.3 is 0 Å². The number of amidine groups is 2. The third-order valence-electron chi connectivity index (χ3n) is 12.8. The summed E-state index contributed by atoms with van der Waals surface area (Å²) in [6.45, 7) is 4.44. The molecule has 2 heterocycles. The van der Waals surface area contributed by atoms with Crippen molar-refractivity contribution in [1.29, 1.82) is 0 Å². The lowest BCUT2D eigenvalue weighted by molar-refractivity contribution is 0.430. The number of fused-ring (bicyclic) bond motifs is 9. The fourth-order valence-corrected chi connectivity index (χ4v) is 9.85. The lowest BCUT2D eigenvalue weighted by Crippen LogP contribution is -2.48. The number of hydrogen-bond acceptors (Lipinski definition) is 4. The maximum Gasteiger partial charge on any atom is 0.177 e. The molecule has 2 aliphatic carbocycles. The van der Waals surface area contributed by atoms with Gasteiger partial charge in [-0.05, 0) is 58.0 Å². The molecule has 0 saturated carbocycles. The zero-order chi connectivity index (χ0) is 38.9. The summed E-state index contributed by atoms with van der Waals surface area (Å²) in [7, 11) is 0. The normalized spacial score (nSPS) is 21.7. The molecule has 3 atom stereocenters. The maximum absolute atomic E-state index is 6.95. The van der Waals surface area contributed by atoms with Crippen LogP contribution in [0.3, 0.4) is 0 Å². The molecule has 4 aliphatic rings. The molecular weight excluding hydrogens is 707 g/mol. The summed E-state index contributed by atoms with van der Waals surface area (Å²) >= 11 is 0. The smallest absolute Gasteiger partial charge is 0.177 e. The third kappa shape index (κ3) is 5.08. The molecule has 3 unspecified atom stereocenters. The topological polar surface area (TPSA) is 46.0 Å². The van der Waals surface area contributed by atoms with E-state index in [9.17, 15) is 0 Å². The van der Waals surface area contributed by atoms with Crippen molar-refractivity contribution in [2.75, 3.05) is 0 Å². The Morgan fingerprint density at radius 1 is 0.500 bits per heavy atom. The van der Waals surface area contributed by atoms with Crippen molar-refractivity contribution in [1.82, 2.24) is 5.32 Å². The van der Waals surface area contributed by atoms with Crippen molar-refractivity contribution in [3.8, 4) is 33.8 Å². The number of allylic oxidation sites excluding steroid dienone is 3. The largest absolute Gasteiger partial charge is 0.457 e. The molecule has 7 aromatic carbocycles. The Balaban J connectivity index is 1.04. The molecule has 278 valence electrons. The molecule has 0 saturated heterocycles. The van der Waals surface area contributed by atoms with E-state index in [2.05, 4.69) is 207 Å². The summed E-state index contributed by atoms with van der Waals surface area (Å²) < 4.78 is 6.95. The Labute approximate surface area is 339 Å². The van der Waals surface area contributed by atoms with E-state index >= 15 is 0 Å². The van der Waals surface area contributed by atoms with Crippen LogP contribution in [0, 0.1) is 5.92 Å². The van der Waals surface area contributed by atoms with Gasteiger partial charge in [0.05, 0.1) is 5.41 Å². The summed E-state index contributed by atoms with van der Waals surface area (Å²) in [6, 6.07) is 62.8. The molecule has 0 radical (unpaired) electrons. The number of aliphatic imine (C=N–C) groups is 2. The standard InChI is InChI=1S/C54H41N3O/c1-52(40-32-33-46-49(35-40)58-48-27-14-13-25-45(48)54(46)43-23-11-9-21-41(43)42-22-10-12-24-44(42)54)34-16-15-26-47(52)51-55-50(38-19-7-4-8-20-38)56-53(2,57-51)39-30-28-37(29-31-39)36-17-5-3-6-18-36/h3-35,47H,1-2H3,(H,55,56,57). The summed E-state index contributed by atoms with van der Waals surface area (Å²) in [6.07, 6.45) is 8.90. The molecule has 1 N–H and O–H groups in total. The Morgan fingerprint density at radius 2 is 1.07 bits per heavy atom. The minimum Gasteiger partial charge on any atom is -0.457 e. The van der Waals surface area contributed by atoms with Gasteiger partial charge in [-0.3, -0.25) is 0 Å². The number of benzene rings is 7. The summed E-state index contributed by atoms with van der Waals surface area (Å²) in [4.78, 5) is 10.9. The lowest BCUT2D eigenvalue weighted by atomic mass is 9.64. The highest BCUT2D eigenvalue weighted by atomic mass is 16.5. The number of nitrogens with zero attached hydrogens (tertiary/aromatic N) is 2. The molecular formula is C54H41N3O. The van der Waals surface area contributed by atoms with E-state index in [1.54, 1.807) is 0 Å². The van der Waals surface area contributed by atoms with Crippen molar-refractivity contribution in [2.45, 2.75) is 30.3 Å². The number of hydrogen-bond donors (Lipinski definition) is 1. The predicted octanol–water partition coefficient (Wildman–Crippen LogP) is 12.1. The van der Waals surface area contributed by atoms with Crippen LogP contribution < -0.4 is 10.1 Å². The van der Waals surface area contributed by atoms with Gasteiger partial charge in [0.1, 0.15) is 23.2 Å². The highest BCUT2D eigenvalue weighted by Gasteiger charge is 2.51. The summed E-state index contributed by atoms with van der Waals surface area (Å²) in [5.74, 6) is 3.29. The first-order valence-corrected chi connectivity index (χ1v) is 20.1. The van der Waals surface area contributed by atoms with E-state index < -0.39 is 16.5 Å². The zero-order valence-corrected chi connectivity index (χ0v) is 32.4. The predicted molar refractivity (Wildman–Crippen MR) is 236 cm³/mol. The van der Waals surface area contributed by atoms with E-state index in [0.29, 0.717) is 0 Å². The lowest BCUT2D eigenvalue weighted by Gasteiger charge is -2.42. The van der Waals surface area contributed by atoms with Gasteiger partial charge in [-0.2, -0.15) is 0 Å². The number of ether oxygens (including phenoxy) is 1. The zero-order valence-electron chi connectivity index (χ0n) is 32.4. The molecule has 7 aromatic rings. The van der Waals surface area contributed by atoms with E-state index in [1.165, 1.54) is 33.4 Å². The SMILES string of the molecule is CC1(c2ccc(-c3ccccc3)cc2)N=C(c2ccccc2)NC(C2C=CC=CC2(C)c2ccc3c(c2)Oc2ccccc2C32c3ccccc3-c3ccccc32)=N1. The van der Waals surface area contributed by atoms with Crippen LogP contribution in [0.4, 0.5) is 0 Å². The molecule has 0 aromatic heterocycles. The third-order valence-corrected chi connectivity index (χ3v) is 12.8. The van der Waals surface area contributed by atoms with Crippen LogP contribution in [0.1, 0.15) is 52.8 Å². The average Bonchev–Trinajstić information content (AvgIpc) is 3.57. The van der Waals surface area contributed by atoms with Gasteiger partial charge < -0.3 is 10.1 Å². The molecule has 1 spiro atoms. The van der Waals surface area contributed by atoms with Gasteiger partial charge in [0, 0.05) is 33.6 Å². The highest BCUT2D eigenvalue weighted by Crippen LogP contribution is 2.62. The minimum absolute atomic E-state index is 0.134. The molecule has 2 aliphatic heterocycles. The molecule has 11 rings (SSSR count). The van der Waals surface area contributed by atoms with Crippen molar-refractivity contribution in [3.05, 3.63) is 239 Å². The first kappa shape index (κ1) is 34.2. The molecule has 58 heavy (non-hydrogen) atoms. The first-order valence-electron chi connectivity index (χ1n) is 20.1. The van der Waals surface area contributed by atoms with Crippen LogP contribution in [0.15, 0.2) is 210 Å². The van der Waals surface area contributed by atoms with Crippen LogP contribution in [-0.2, 0) is 16.5 Å².